The molecule has 1 aliphatic rings. The van der Waals surface area contributed by atoms with Gasteiger partial charge in [-0.15, -0.1) is 35.3 Å². The minimum Gasteiger partial charge on any atom is -0.356 e. The van der Waals surface area contributed by atoms with Crippen LogP contribution in [0.15, 0.2) is 34.8 Å². The molecule has 0 amide bonds. The highest BCUT2D eigenvalue weighted by atomic mass is 127. The first-order valence-corrected chi connectivity index (χ1v) is 10.6. The van der Waals surface area contributed by atoms with Crippen molar-refractivity contribution in [2.24, 2.45) is 10.9 Å². The van der Waals surface area contributed by atoms with Crippen molar-refractivity contribution in [3.05, 3.63) is 46.2 Å². The summed E-state index contributed by atoms with van der Waals surface area (Å²) in [6.07, 6.45) is 5.18. The Morgan fingerprint density at radius 2 is 2.07 bits per heavy atom. The van der Waals surface area contributed by atoms with Gasteiger partial charge in [0.1, 0.15) is 0 Å². The van der Waals surface area contributed by atoms with Crippen molar-refractivity contribution in [1.29, 1.82) is 0 Å². The van der Waals surface area contributed by atoms with Crippen LogP contribution in [0.5, 0.6) is 0 Å². The van der Waals surface area contributed by atoms with Gasteiger partial charge in [-0.25, -0.2) is 4.98 Å². The van der Waals surface area contributed by atoms with Crippen LogP contribution >= 0.6 is 35.3 Å². The van der Waals surface area contributed by atoms with Gasteiger partial charge >= 0.3 is 0 Å². The van der Waals surface area contributed by atoms with Crippen molar-refractivity contribution in [3.8, 4) is 0 Å². The standard InChI is InChI=1S/C20H30N6S.HI/c1-16-25-19(15-27-16)14-26-11-7-17(8-12-26)13-24-20(21-2)23-10-6-18-5-3-4-9-22-18;/h3-5,9,15,17H,6-8,10-14H2,1-2H3,(H2,21,23,24);1H. The lowest BCUT2D eigenvalue weighted by Gasteiger charge is -2.31. The minimum atomic E-state index is 0. The van der Waals surface area contributed by atoms with E-state index in [1.165, 1.54) is 18.5 Å². The number of nitrogens with zero attached hydrogens (tertiary/aromatic N) is 4. The molecule has 154 valence electrons. The van der Waals surface area contributed by atoms with Crippen LogP contribution in [0, 0.1) is 12.8 Å². The summed E-state index contributed by atoms with van der Waals surface area (Å²) >= 11 is 1.74. The van der Waals surface area contributed by atoms with Crippen molar-refractivity contribution in [2.75, 3.05) is 33.2 Å². The van der Waals surface area contributed by atoms with Gasteiger partial charge in [-0.2, -0.15) is 0 Å². The summed E-state index contributed by atoms with van der Waals surface area (Å²) in [5, 5.41) is 10.2. The highest BCUT2D eigenvalue weighted by Crippen LogP contribution is 2.19. The number of halogens is 1. The van der Waals surface area contributed by atoms with E-state index in [0.717, 1.165) is 55.8 Å². The van der Waals surface area contributed by atoms with Crippen LogP contribution in [-0.2, 0) is 13.0 Å². The molecule has 0 aromatic carbocycles. The van der Waals surface area contributed by atoms with Crippen LogP contribution in [0.1, 0.15) is 29.2 Å². The summed E-state index contributed by atoms with van der Waals surface area (Å²) in [7, 11) is 1.83. The largest absolute Gasteiger partial charge is 0.356 e. The second-order valence-electron chi connectivity index (χ2n) is 7.03. The fourth-order valence-electron chi connectivity index (χ4n) is 3.38. The molecular weight excluding hydrogens is 483 g/mol. The summed E-state index contributed by atoms with van der Waals surface area (Å²) in [4.78, 5) is 15.8. The Bertz CT molecular complexity index is 712. The Hall–Kier alpha value is -1.26. The number of aromatic nitrogens is 2. The Morgan fingerprint density at radius 1 is 1.25 bits per heavy atom. The topological polar surface area (TPSA) is 65.4 Å². The maximum absolute atomic E-state index is 4.58. The van der Waals surface area contributed by atoms with Crippen LogP contribution in [0.4, 0.5) is 0 Å². The van der Waals surface area contributed by atoms with Gasteiger partial charge in [0.05, 0.1) is 10.7 Å². The Labute approximate surface area is 189 Å². The molecule has 0 bridgehead atoms. The van der Waals surface area contributed by atoms with E-state index in [-0.39, 0.29) is 24.0 Å². The molecule has 3 rings (SSSR count). The maximum Gasteiger partial charge on any atom is 0.190 e. The fourth-order valence-corrected chi connectivity index (χ4v) is 3.98. The van der Waals surface area contributed by atoms with Crippen molar-refractivity contribution >= 4 is 41.3 Å². The number of thiazole rings is 1. The van der Waals surface area contributed by atoms with Crippen molar-refractivity contribution in [2.45, 2.75) is 32.7 Å². The number of pyridine rings is 1. The van der Waals surface area contributed by atoms with E-state index in [2.05, 4.69) is 48.9 Å². The molecule has 2 N–H and O–H groups in total. The number of rotatable bonds is 7. The molecule has 28 heavy (non-hydrogen) atoms. The molecule has 0 saturated carbocycles. The van der Waals surface area contributed by atoms with E-state index in [4.69, 9.17) is 0 Å². The average molecular weight is 514 g/mol. The number of aryl methyl sites for hydroxylation is 1. The van der Waals surface area contributed by atoms with Crippen LogP contribution < -0.4 is 10.6 Å². The Kier molecular flexibility index (Phi) is 10.1. The molecule has 3 heterocycles. The zero-order valence-electron chi connectivity index (χ0n) is 16.7. The number of piperidine rings is 1. The van der Waals surface area contributed by atoms with E-state index < -0.39 is 0 Å². The lowest BCUT2D eigenvalue weighted by atomic mass is 9.97. The molecule has 0 atom stereocenters. The van der Waals surface area contributed by atoms with Gasteiger partial charge in [0, 0.05) is 50.4 Å². The number of hydrogen-bond acceptors (Lipinski definition) is 5. The number of likely N-dealkylation sites (tertiary alicyclic amines) is 1. The zero-order valence-corrected chi connectivity index (χ0v) is 19.9. The lowest BCUT2D eigenvalue weighted by Crippen LogP contribution is -2.43. The number of guanidine groups is 1. The van der Waals surface area contributed by atoms with Crippen molar-refractivity contribution in [1.82, 2.24) is 25.5 Å². The third kappa shape index (κ3) is 7.63. The molecular formula is C20H31IN6S. The van der Waals surface area contributed by atoms with Crippen LogP contribution in [0.2, 0.25) is 0 Å². The molecule has 2 aromatic heterocycles. The average Bonchev–Trinajstić information content (AvgIpc) is 3.11. The monoisotopic (exact) mass is 514 g/mol. The highest BCUT2D eigenvalue weighted by molar-refractivity contribution is 14.0. The van der Waals surface area contributed by atoms with Gasteiger partial charge in [0.25, 0.3) is 0 Å². The minimum absolute atomic E-state index is 0. The number of aliphatic imine (C=N–C) groups is 1. The van der Waals surface area contributed by atoms with Gasteiger partial charge in [0.15, 0.2) is 5.96 Å². The third-order valence-electron chi connectivity index (χ3n) is 4.94. The summed E-state index contributed by atoms with van der Waals surface area (Å²) in [6, 6.07) is 6.02. The highest BCUT2D eigenvalue weighted by Gasteiger charge is 2.20. The summed E-state index contributed by atoms with van der Waals surface area (Å²) in [6.45, 7) is 7.17. The normalized spacial score (nSPS) is 15.9. The number of nitrogens with one attached hydrogen (secondary N) is 2. The molecule has 1 saturated heterocycles. The number of hydrogen-bond donors (Lipinski definition) is 2. The van der Waals surface area contributed by atoms with E-state index in [1.54, 1.807) is 11.3 Å². The van der Waals surface area contributed by atoms with Gasteiger partial charge in [-0.05, 0) is 50.9 Å². The predicted octanol–water partition coefficient (Wildman–Crippen LogP) is 3.08. The van der Waals surface area contributed by atoms with Gasteiger partial charge in [0.2, 0.25) is 0 Å². The second-order valence-corrected chi connectivity index (χ2v) is 8.09. The molecule has 0 unspecified atom stereocenters. The molecule has 0 aliphatic carbocycles. The van der Waals surface area contributed by atoms with E-state index in [1.807, 2.05) is 25.4 Å². The molecule has 2 aromatic rings. The smallest absolute Gasteiger partial charge is 0.190 e. The van der Waals surface area contributed by atoms with Gasteiger partial charge < -0.3 is 10.6 Å². The maximum atomic E-state index is 4.58. The molecule has 0 radical (unpaired) electrons. The summed E-state index contributed by atoms with van der Waals surface area (Å²) in [5.74, 6) is 1.58. The Balaban J connectivity index is 0.00000280. The van der Waals surface area contributed by atoms with Gasteiger partial charge in [-0.3, -0.25) is 14.9 Å². The third-order valence-corrected chi connectivity index (χ3v) is 5.76. The van der Waals surface area contributed by atoms with Crippen LogP contribution in [0.3, 0.4) is 0 Å². The van der Waals surface area contributed by atoms with E-state index >= 15 is 0 Å². The fraction of sp³-hybridized carbons (Fsp3) is 0.550. The second kappa shape index (κ2) is 12.3. The van der Waals surface area contributed by atoms with Crippen molar-refractivity contribution in [3.63, 3.8) is 0 Å². The first-order chi connectivity index (χ1) is 13.2. The molecule has 1 fully saturated rings. The molecule has 1 aliphatic heterocycles. The summed E-state index contributed by atoms with van der Waals surface area (Å²) in [5.41, 5.74) is 2.31. The lowest BCUT2D eigenvalue weighted by molar-refractivity contribution is 0.176. The zero-order chi connectivity index (χ0) is 18.9. The SMILES string of the molecule is CN=C(NCCc1ccccn1)NCC1CCN(Cc2csc(C)n2)CC1.I. The molecule has 8 heteroatoms. The first kappa shape index (κ1) is 23.0. The van der Waals surface area contributed by atoms with E-state index in [9.17, 15) is 0 Å². The van der Waals surface area contributed by atoms with Crippen LogP contribution in [0.25, 0.3) is 0 Å². The first-order valence-electron chi connectivity index (χ1n) is 9.70. The summed E-state index contributed by atoms with van der Waals surface area (Å²) < 4.78 is 0. The quantitative estimate of drug-likeness (QED) is 0.338. The Morgan fingerprint density at radius 3 is 2.71 bits per heavy atom. The predicted molar refractivity (Wildman–Crippen MR) is 128 cm³/mol. The molecule has 6 nitrogen and oxygen atoms in total. The van der Waals surface area contributed by atoms with Crippen LogP contribution in [-0.4, -0.2) is 54.1 Å². The van der Waals surface area contributed by atoms with Crippen molar-refractivity contribution < 1.29 is 0 Å². The van der Waals surface area contributed by atoms with E-state index in [0.29, 0.717) is 5.92 Å². The molecule has 0 spiro atoms. The van der Waals surface area contributed by atoms with Gasteiger partial charge in [-0.1, -0.05) is 6.07 Å².